The molecule has 2 aromatic carbocycles. The molecular weight excluding hydrogens is 338 g/mol. The van der Waals surface area contributed by atoms with Gasteiger partial charge >= 0.3 is 0 Å². The molecule has 5 heteroatoms. The summed E-state index contributed by atoms with van der Waals surface area (Å²) in [7, 11) is 0. The molecule has 0 saturated carbocycles. The van der Waals surface area contributed by atoms with Crippen LogP contribution in [0.1, 0.15) is 24.5 Å². The van der Waals surface area contributed by atoms with E-state index in [4.69, 9.17) is 21.1 Å². The summed E-state index contributed by atoms with van der Waals surface area (Å²) in [6.07, 6.45) is 0.0358. The fraction of sp³-hybridized carbons (Fsp3) is 0.350. The Balaban J connectivity index is 1.79. The first-order valence-electron chi connectivity index (χ1n) is 8.39. The van der Waals surface area contributed by atoms with Crippen LogP contribution in [0.3, 0.4) is 0 Å². The zero-order valence-electron chi connectivity index (χ0n) is 14.8. The predicted octanol–water partition coefficient (Wildman–Crippen LogP) is 4.31. The number of rotatable bonds is 8. The Morgan fingerprint density at radius 3 is 2.56 bits per heavy atom. The molecule has 0 aliphatic rings. The van der Waals surface area contributed by atoms with Gasteiger partial charge in [-0.3, -0.25) is 4.79 Å². The van der Waals surface area contributed by atoms with Crippen molar-refractivity contribution < 1.29 is 14.3 Å². The van der Waals surface area contributed by atoms with Crippen molar-refractivity contribution in [2.75, 3.05) is 13.2 Å². The Bertz CT molecular complexity index is 701. The van der Waals surface area contributed by atoms with E-state index < -0.39 is 6.10 Å². The van der Waals surface area contributed by atoms with E-state index in [1.165, 1.54) is 0 Å². The third-order valence-corrected chi connectivity index (χ3v) is 4.01. The minimum atomic E-state index is -0.540. The third kappa shape index (κ3) is 5.98. The first kappa shape index (κ1) is 19.1. The van der Waals surface area contributed by atoms with Gasteiger partial charge in [-0.15, -0.1) is 0 Å². The van der Waals surface area contributed by atoms with Gasteiger partial charge in [0.25, 0.3) is 5.91 Å². The van der Waals surface area contributed by atoms with E-state index >= 15 is 0 Å². The standard InChI is InChI=1S/C20H24ClNO3/c1-4-18(25-17-9-7-16(21)8-10-17)20(23)22-11-12-24-19-13-14(2)5-6-15(19)3/h5-10,13,18H,4,11-12H2,1-3H3,(H,22,23). The van der Waals surface area contributed by atoms with Crippen LogP contribution < -0.4 is 14.8 Å². The Morgan fingerprint density at radius 1 is 1.16 bits per heavy atom. The van der Waals surface area contributed by atoms with Crippen molar-refractivity contribution in [1.29, 1.82) is 0 Å². The third-order valence-electron chi connectivity index (χ3n) is 3.76. The van der Waals surface area contributed by atoms with Crippen LogP contribution in [-0.2, 0) is 4.79 Å². The zero-order chi connectivity index (χ0) is 18.2. The first-order valence-corrected chi connectivity index (χ1v) is 8.77. The van der Waals surface area contributed by atoms with Gasteiger partial charge in [0.15, 0.2) is 6.10 Å². The maximum absolute atomic E-state index is 12.3. The van der Waals surface area contributed by atoms with E-state index in [9.17, 15) is 4.79 Å². The van der Waals surface area contributed by atoms with Crippen molar-refractivity contribution in [3.63, 3.8) is 0 Å². The van der Waals surface area contributed by atoms with Gasteiger partial charge in [0.1, 0.15) is 18.1 Å². The molecular formula is C20H24ClNO3. The van der Waals surface area contributed by atoms with E-state index in [0.717, 1.165) is 16.9 Å². The Kier molecular flexibility index (Phi) is 7.14. The van der Waals surface area contributed by atoms with E-state index in [1.807, 2.05) is 39.0 Å². The molecule has 2 rings (SSSR count). The number of benzene rings is 2. The second-order valence-corrected chi connectivity index (χ2v) is 6.31. The summed E-state index contributed by atoms with van der Waals surface area (Å²) in [5, 5.41) is 3.49. The summed E-state index contributed by atoms with van der Waals surface area (Å²) in [6, 6.07) is 13.0. The normalized spacial score (nSPS) is 11.7. The molecule has 0 spiro atoms. The van der Waals surface area contributed by atoms with Crippen LogP contribution in [0, 0.1) is 13.8 Å². The van der Waals surface area contributed by atoms with Crippen LogP contribution >= 0.6 is 11.6 Å². The molecule has 1 atom stereocenters. The highest BCUT2D eigenvalue weighted by molar-refractivity contribution is 6.30. The fourth-order valence-corrected chi connectivity index (χ4v) is 2.44. The van der Waals surface area contributed by atoms with Crippen LogP contribution in [0.5, 0.6) is 11.5 Å². The maximum atomic E-state index is 12.3. The van der Waals surface area contributed by atoms with Crippen molar-refractivity contribution in [2.45, 2.75) is 33.3 Å². The van der Waals surface area contributed by atoms with Crippen molar-refractivity contribution in [3.8, 4) is 11.5 Å². The summed E-state index contributed by atoms with van der Waals surface area (Å²) in [4.78, 5) is 12.3. The van der Waals surface area contributed by atoms with Crippen LogP contribution in [-0.4, -0.2) is 25.2 Å². The molecule has 134 valence electrons. The van der Waals surface area contributed by atoms with Crippen molar-refractivity contribution in [3.05, 3.63) is 58.6 Å². The topological polar surface area (TPSA) is 47.6 Å². The minimum Gasteiger partial charge on any atom is -0.491 e. The van der Waals surface area contributed by atoms with Gasteiger partial charge in [-0.2, -0.15) is 0 Å². The van der Waals surface area contributed by atoms with Gasteiger partial charge in [0.05, 0.1) is 6.54 Å². The number of aryl methyl sites for hydroxylation is 2. The summed E-state index contributed by atoms with van der Waals surface area (Å²) < 4.78 is 11.5. The van der Waals surface area contributed by atoms with Crippen LogP contribution in [0.15, 0.2) is 42.5 Å². The van der Waals surface area contributed by atoms with Gasteiger partial charge in [0.2, 0.25) is 0 Å². The molecule has 0 bridgehead atoms. The molecule has 1 unspecified atom stereocenters. The lowest BCUT2D eigenvalue weighted by molar-refractivity contribution is -0.128. The van der Waals surface area contributed by atoms with E-state index in [1.54, 1.807) is 24.3 Å². The number of carbonyl (C=O) groups excluding carboxylic acids is 1. The Morgan fingerprint density at radius 2 is 1.88 bits per heavy atom. The molecule has 0 aromatic heterocycles. The first-order chi connectivity index (χ1) is 12.0. The second kappa shape index (κ2) is 9.33. The molecule has 1 amide bonds. The molecule has 4 nitrogen and oxygen atoms in total. The fourth-order valence-electron chi connectivity index (χ4n) is 2.31. The number of carbonyl (C=O) groups is 1. The molecule has 0 aliphatic heterocycles. The van der Waals surface area contributed by atoms with Gasteiger partial charge in [-0.05, 0) is 61.7 Å². The number of nitrogens with one attached hydrogen (secondary N) is 1. The van der Waals surface area contributed by atoms with Crippen LogP contribution in [0.4, 0.5) is 0 Å². The minimum absolute atomic E-state index is 0.151. The quantitative estimate of drug-likeness (QED) is 0.713. The van der Waals surface area contributed by atoms with Gasteiger partial charge in [0, 0.05) is 5.02 Å². The van der Waals surface area contributed by atoms with Crippen LogP contribution in [0.2, 0.25) is 5.02 Å². The number of hydrogen-bond acceptors (Lipinski definition) is 3. The molecule has 0 fully saturated rings. The summed E-state index contributed by atoms with van der Waals surface area (Å²) in [5.41, 5.74) is 2.22. The van der Waals surface area contributed by atoms with Crippen molar-refractivity contribution >= 4 is 17.5 Å². The van der Waals surface area contributed by atoms with Crippen LogP contribution in [0.25, 0.3) is 0 Å². The molecule has 25 heavy (non-hydrogen) atoms. The number of ether oxygens (including phenoxy) is 2. The number of amides is 1. The van der Waals surface area contributed by atoms with Gasteiger partial charge < -0.3 is 14.8 Å². The molecule has 2 aromatic rings. The lowest BCUT2D eigenvalue weighted by Crippen LogP contribution is -2.39. The number of hydrogen-bond donors (Lipinski definition) is 1. The monoisotopic (exact) mass is 361 g/mol. The smallest absolute Gasteiger partial charge is 0.261 e. The van der Waals surface area contributed by atoms with Crippen molar-refractivity contribution in [1.82, 2.24) is 5.32 Å². The predicted molar refractivity (Wildman–Crippen MR) is 101 cm³/mol. The highest BCUT2D eigenvalue weighted by Crippen LogP contribution is 2.19. The largest absolute Gasteiger partial charge is 0.491 e. The van der Waals surface area contributed by atoms with Crippen molar-refractivity contribution in [2.24, 2.45) is 0 Å². The summed E-state index contributed by atoms with van der Waals surface area (Å²) in [5.74, 6) is 1.32. The second-order valence-electron chi connectivity index (χ2n) is 5.88. The lowest BCUT2D eigenvalue weighted by Gasteiger charge is -2.17. The van der Waals surface area contributed by atoms with E-state index in [2.05, 4.69) is 5.32 Å². The molecule has 1 N–H and O–H groups in total. The average Bonchev–Trinajstić information content (AvgIpc) is 2.60. The molecule has 0 aliphatic carbocycles. The zero-order valence-corrected chi connectivity index (χ0v) is 15.6. The SMILES string of the molecule is CCC(Oc1ccc(Cl)cc1)C(=O)NCCOc1cc(C)ccc1C. The highest BCUT2D eigenvalue weighted by Gasteiger charge is 2.17. The summed E-state index contributed by atoms with van der Waals surface area (Å²) >= 11 is 5.85. The number of halogens is 1. The highest BCUT2D eigenvalue weighted by atomic mass is 35.5. The molecule has 0 heterocycles. The van der Waals surface area contributed by atoms with E-state index in [0.29, 0.717) is 30.3 Å². The Hall–Kier alpha value is -2.20. The summed E-state index contributed by atoms with van der Waals surface area (Å²) in [6.45, 7) is 6.77. The molecule has 0 radical (unpaired) electrons. The maximum Gasteiger partial charge on any atom is 0.261 e. The van der Waals surface area contributed by atoms with E-state index in [-0.39, 0.29) is 5.91 Å². The van der Waals surface area contributed by atoms with Gasteiger partial charge in [-0.25, -0.2) is 0 Å². The Labute approximate surface area is 154 Å². The average molecular weight is 362 g/mol. The van der Waals surface area contributed by atoms with Gasteiger partial charge in [-0.1, -0.05) is 30.7 Å². The lowest BCUT2D eigenvalue weighted by atomic mass is 10.1. The molecule has 0 saturated heterocycles.